The number of aromatic nitrogens is 2. The summed E-state index contributed by atoms with van der Waals surface area (Å²) in [5, 5.41) is 4.16. The van der Waals surface area contributed by atoms with Gasteiger partial charge in [0.05, 0.1) is 5.41 Å². The van der Waals surface area contributed by atoms with E-state index in [0.29, 0.717) is 32.4 Å². The van der Waals surface area contributed by atoms with Gasteiger partial charge in [0.25, 0.3) is 0 Å². The van der Waals surface area contributed by atoms with Crippen LogP contribution in [0.5, 0.6) is 0 Å². The molecule has 1 aromatic carbocycles. The fraction of sp³-hybridized carbons (Fsp3) is 0.450. The molecule has 26 heavy (non-hydrogen) atoms. The lowest BCUT2D eigenvalue weighted by atomic mass is 9.73. The average Bonchev–Trinajstić information content (AvgIpc) is 3.26. The standard InChI is InChI=1S/C20H24N4O2/c1-22-17-7-3-2-6-16(17)20(19(22)26)9-14-23(15-10-20)18(25)8-4-12-24-13-5-11-21-24/h2-3,5-7,11,13H,4,8-10,12,14-15H2,1H3. The van der Waals surface area contributed by atoms with Gasteiger partial charge in [0.1, 0.15) is 0 Å². The van der Waals surface area contributed by atoms with Crippen LogP contribution in [0.25, 0.3) is 0 Å². The summed E-state index contributed by atoms with van der Waals surface area (Å²) >= 11 is 0. The van der Waals surface area contributed by atoms with Gasteiger partial charge in [-0.05, 0) is 37.0 Å². The molecule has 0 unspecified atom stereocenters. The monoisotopic (exact) mass is 352 g/mol. The minimum absolute atomic E-state index is 0.171. The van der Waals surface area contributed by atoms with Crippen LogP contribution in [0, 0.1) is 0 Å². The van der Waals surface area contributed by atoms with Crippen LogP contribution in [-0.4, -0.2) is 46.6 Å². The SMILES string of the molecule is CN1C(=O)C2(CCN(C(=O)CCCn3cccn3)CC2)c2ccccc21. The van der Waals surface area contributed by atoms with Crippen molar-refractivity contribution in [1.82, 2.24) is 14.7 Å². The smallest absolute Gasteiger partial charge is 0.237 e. The molecule has 4 rings (SSSR count). The number of benzene rings is 1. The first-order valence-electron chi connectivity index (χ1n) is 9.25. The quantitative estimate of drug-likeness (QED) is 0.848. The van der Waals surface area contributed by atoms with Crippen LogP contribution in [0.3, 0.4) is 0 Å². The first kappa shape index (κ1) is 16.8. The molecule has 2 amide bonds. The molecule has 1 fully saturated rings. The van der Waals surface area contributed by atoms with Gasteiger partial charge in [-0.2, -0.15) is 5.10 Å². The van der Waals surface area contributed by atoms with Crippen LogP contribution in [0.1, 0.15) is 31.2 Å². The number of likely N-dealkylation sites (tertiary alicyclic amines) is 1. The number of hydrogen-bond acceptors (Lipinski definition) is 3. The average molecular weight is 352 g/mol. The van der Waals surface area contributed by atoms with Crippen molar-refractivity contribution < 1.29 is 9.59 Å². The largest absolute Gasteiger partial charge is 0.343 e. The molecular formula is C20H24N4O2. The summed E-state index contributed by atoms with van der Waals surface area (Å²) < 4.78 is 1.85. The number of piperidine rings is 1. The lowest BCUT2D eigenvalue weighted by Gasteiger charge is -2.38. The third kappa shape index (κ3) is 2.69. The number of carbonyl (C=O) groups excluding carboxylic acids is 2. The van der Waals surface area contributed by atoms with Crippen molar-refractivity contribution in [2.75, 3.05) is 25.0 Å². The van der Waals surface area contributed by atoms with E-state index in [1.807, 2.05) is 47.1 Å². The Morgan fingerprint density at radius 2 is 1.96 bits per heavy atom. The number of hydrogen-bond donors (Lipinski definition) is 0. The Morgan fingerprint density at radius 1 is 1.19 bits per heavy atom. The number of fused-ring (bicyclic) bond motifs is 2. The highest BCUT2D eigenvalue weighted by Gasteiger charge is 2.51. The number of amides is 2. The molecule has 0 radical (unpaired) electrons. The Hall–Kier alpha value is -2.63. The molecule has 136 valence electrons. The molecule has 0 bridgehead atoms. The van der Waals surface area contributed by atoms with Crippen molar-refractivity contribution in [3.8, 4) is 0 Å². The minimum Gasteiger partial charge on any atom is -0.343 e. The van der Waals surface area contributed by atoms with Crippen molar-refractivity contribution in [2.24, 2.45) is 0 Å². The summed E-state index contributed by atoms with van der Waals surface area (Å²) in [6.07, 6.45) is 6.38. The van der Waals surface area contributed by atoms with Crippen molar-refractivity contribution in [3.05, 3.63) is 48.3 Å². The first-order valence-corrected chi connectivity index (χ1v) is 9.25. The second-order valence-corrected chi connectivity index (χ2v) is 7.22. The summed E-state index contributed by atoms with van der Waals surface area (Å²) in [5.41, 5.74) is 1.69. The van der Waals surface area contributed by atoms with Gasteiger partial charge in [-0.25, -0.2) is 0 Å². The van der Waals surface area contributed by atoms with Gasteiger partial charge >= 0.3 is 0 Å². The van der Waals surface area contributed by atoms with E-state index in [1.165, 1.54) is 0 Å². The van der Waals surface area contributed by atoms with Gasteiger partial charge in [-0.1, -0.05) is 18.2 Å². The predicted molar refractivity (Wildman–Crippen MR) is 98.8 cm³/mol. The summed E-state index contributed by atoms with van der Waals surface area (Å²) in [7, 11) is 1.85. The van der Waals surface area contributed by atoms with Crippen molar-refractivity contribution in [2.45, 2.75) is 37.6 Å². The number of aryl methyl sites for hydroxylation is 1. The maximum atomic E-state index is 12.9. The van der Waals surface area contributed by atoms with Crippen molar-refractivity contribution >= 4 is 17.5 Å². The van der Waals surface area contributed by atoms with E-state index in [0.717, 1.165) is 24.2 Å². The van der Waals surface area contributed by atoms with E-state index in [1.54, 1.807) is 11.1 Å². The summed E-state index contributed by atoms with van der Waals surface area (Å²) in [6.45, 7) is 2.05. The Morgan fingerprint density at radius 3 is 2.69 bits per heavy atom. The molecule has 0 atom stereocenters. The zero-order valence-electron chi connectivity index (χ0n) is 15.1. The van der Waals surface area contributed by atoms with E-state index in [9.17, 15) is 9.59 Å². The van der Waals surface area contributed by atoms with Crippen LogP contribution >= 0.6 is 0 Å². The van der Waals surface area contributed by atoms with Gasteiger partial charge in [-0.3, -0.25) is 14.3 Å². The molecule has 1 saturated heterocycles. The summed E-state index contributed by atoms with van der Waals surface area (Å²) in [6, 6.07) is 9.94. The molecule has 0 aliphatic carbocycles. The van der Waals surface area contributed by atoms with Crippen molar-refractivity contribution in [1.29, 1.82) is 0 Å². The highest BCUT2D eigenvalue weighted by Crippen LogP contribution is 2.47. The molecule has 1 spiro atoms. The fourth-order valence-electron chi connectivity index (χ4n) is 4.32. The summed E-state index contributed by atoms with van der Waals surface area (Å²) in [4.78, 5) is 29.1. The lowest BCUT2D eigenvalue weighted by molar-refractivity contribution is -0.135. The van der Waals surface area contributed by atoms with Crippen LogP contribution in [0.4, 0.5) is 5.69 Å². The molecule has 2 aliphatic heterocycles. The molecule has 2 aliphatic rings. The van der Waals surface area contributed by atoms with Gasteiger partial charge in [0.2, 0.25) is 11.8 Å². The van der Waals surface area contributed by atoms with Gasteiger partial charge < -0.3 is 9.80 Å². The number of anilines is 1. The molecule has 3 heterocycles. The molecule has 0 N–H and O–H groups in total. The van der Waals surface area contributed by atoms with Gasteiger partial charge in [-0.15, -0.1) is 0 Å². The Kier molecular flexibility index (Phi) is 4.26. The molecular weight excluding hydrogens is 328 g/mol. The molecule has 1 aromatic heterocycles. The second-order valence-electron chi connectivity index (χ2n) is 7.22. The normalized spacial score (nSPS) is 18.4. The van der Waals surface area contributed by atoms with E-state index in [4.69, 9.17) is 0 Å². The molecule has 6 heteroatoms. The van der Waals surface area contributed by atoms with Crippen LogP contribution in [0.2, 0.25) is 0 Å². The van der Waals surface area contributed by atoms with E-state index in [2.05, 4.69) is 11.2 Å². The minimum atomic E-state index is -0.447. The third-order valence-electron chi connectivity index (χ3n) is 5.80. The zero-order valence-corrected chi connectivity index (χ0v) is 15.1. The lowest BCUT2D eigenvalue weighted by Crippen LogP contribution is -2.49. The number of nitrogens with zero attached hydrogens (tertiary/aromatic N) is 4. The first-order chi connectivity index (χ1) is 12.6. The maximum absolute atomic E-state index is 12.9. The summed E-state index contributed by atoms with van der Waals surface area (Å²) in [5.74, 6) is 0.351. The van der Waals surface area contributed by atoms with Crippen LogP contribution in [0.15, 0.2) is 42.7 Å². The van der Waals surface area contributed by atoms with Crippen molar-refractivity contribution in [3.63, 3.8) is 0 Å². The Labute approximate surface area is 153 Å². The number of para-hydroxylation sites is 1. The molecule has 0 saturated carbocycles. The topological polar surface area (TPSA) is 58.4 Å². The predicted octanol–water partition coefficient (Wildman–Crippen LogP) is 2.20. The second kappa shape index (κ2) is 6.59. The zero-order chi connectivity index (χ0) is 18.1. The Balaban J connectivity index is 1.38. The van der Waals surface area contributed by atoms with Gasteiger partial charge in [0.15, 0.2) is 0 Å². The van der Waals surface area contributed by atoms with Gasteiger partial charge in [0, 0.05) is 51.2 Å². The number of rotatable bonds is 4. The maximum Gasteiger partial charge on any atom is 0.237 e. The highest BCUT2D eigenvalue weighted by molar-refractivity contribution is 6.07. The van der Waals surface area contributed by atoms with Crippen LogP contribution < -0.4 is 4.90 Å². The highest BCUT2D eigenvalue weighted by atomic mass is 16.2. The van der Waals surface area contributed by atoms with E-state index < -0.39 is 5.41 Å². The van der Waals surface area contributed by atoms with Crippen LogP contribution in [-0.2, 0) is 21.5 Å². The number of likely N-dealkylation sites (N-methyl/N-ethyl adjacent to an activating group) is 1. The molecule has 2 aromatic rings. The third-order valence-corrected chi connectivity index (χ3v) is 5.80. The van der Waals surface area contributed by atoms with E-state index in [-0.39, 0.29) is 11.8 Å². The fourth-order valence-corrected chi connectivity index (χ4v) is 4.32. The van der Waals surface area contributed by atoms with E-state index >= 15 is 0 Å². The number of carbonyl (C=O) groups is 2. The Bertz CT molecular complexity index is 807. The molecule has 6 nitrogen and oxygen atoms in total.